The van der Waals surface area contributed by atoms with Crippen molar-refractivity contribution in [3.05, 3.63) is 113 Å². The first kappa shape index (κ1) is 34.1. The first-order valence-electron chi connectivity index (χ1n) is 14.6. The number of carboxylic acids is 1. The average Bonchev–Trinajstić information content (AvgIpc) is 3.20. The molecule has 1 aliphatic carbocycles. The van der Waals surface area contributed by atoms with Gasteiger partial charge in [0.2, 0.25) is 0 Å². The number of amides is 1. The fourth-order valence-electron chi connectivity index (χ4n) is 5.41. The van der Waals surface area contributed by atoms with E-state index in [1.165, 1.54) is 43.1 Å². The van der Waals surface area contributed by atoms with Crippen molar-refractivity contribution in [3.8, 4) is 28.0 Å². The summed E-state index contributed by atoms with van der Waals surface area (Å²) in [6.07, 6.45) is 3.91. The monoisotopic (exact) mass is 611 g/mol. The third-order valence-corrected chi connectivity index (χ3v) is 8.19. The number of anilines is 1. The van der Waals surface area contributed by atoms with Gasteiger partial charge in [0.1, 0.15) is 5.75 Å². The number of methoxy groups -OCH3 is 1. The van der Waals surface area contributed by atoms with Crippen molar-refractivity contribution in [2.45, 2.75) is 52.9 Å². The van der Waals surface area contributed by atoms with Crippen LogP contribution in [0.2, 0.25) is 5.02 Å². The van der Waals surface area contributed by atoms with E-state index in [1.54, 1.807) is 30.1 Å². The van der Waals surface area contributed by atoms with Crippen LogP contribution in [-0.4, -0.2) is 31.1 Å². The Balaban J connectivity index is 0.000000299. The summed E-state index contributed by atoms with van der Waals surface area (Å²) in [6, 6.07) is 28.2. The number of aliphatic carboxylic acids is 1. The fourth-order valence-corrected chi connectivity index (χ4v) is 5.67. The van der Waals surface area contributed by atoms with Crippen molar-refractivity contribution in [3.63, 3.8) is 0 Å². The van der Waals surface area contributed by atoms with Gasteiger partial charge in [0.15, 0.2) is 0 Å². The molecule has 1 fully saturated rings. The van der Waals surface area contributed by atoms with Crippen LogP contribution in [0, 0.1) is 0 Å². The fraction of sp³-hybridized carbons (Fsp3) is 0.263. The molecule has 2 aliphatic rings. The zero-order valence-corrected chi connectivity index (χ0v) is 25.9. The highest BCUT2D eigenvalue weighted by atomic mass is 35.5. The number of para-hydroxylation sites is 1. The standard InChI is InChI=1S/C26H22ClNO.C9H10O3.C2H6.CH4/c1-16-22-14-23(24(27)15-25(22)28(2)26(16)29)19-12-10-18(11-13-19)21-9-4-3-8-20(21)17-6-5-7-17;1-12-8-5-3-2-4-7(8)6-9(10)11;1-2;/h3-4,8-15,17H,1,5-7H2,2H3;2-5H,6H2,1H3,(H,10,11);1-2H3;1H4. The van der Waals surface area contributed by atoms with Gasteiger partial charge >= 0.3 is 5.97 Å². The quantitative estimate of drug-likeness (QED) is 0.220. The van der Waals surface area contributed by atoms with Crippen LogP contribution < -0.4 is 9.64 Å². The summed E-state index contributed by atoms with van der Waals surface area (Å²) in [5.74, 6) is 0.396. The van der Waals surface area contributed by atoms with Crippen molar-refractivity contribution in [2.24, 2.45) is 0 Å². The highest BCUT2D eigenvalue weighted by Gasteiger charge is 2.29. The second-order valence-electron chi connectivity index (χ2n) is 10.4. The molecule has 0 spiro atoms. The normalized spacial score (nSPS) is 13.3. The number of hydrogen-bond acceptors (Lipinski definition) is 3. The maximum Gasteiger partial charge on any atom is 0.307 e. The van der Waals surface area contributed by atoms with E-state index in [2.05, 4.69) is 55.1 Å². The molecule has 0 saturated heterocycles. The number of hydrogen-bond donors (Lipinski definition) is 1. The molecule has 6 rings (SSSR count). The molecule has 230 valence electrons. The number of fused-ring (bicyclic) bond motifs is 1. The first-order valence-corrected chi connectivity index (χ1v) is 15.0. The summed E-state index contributed by atoms with van der Waals surface area (Å²) in [5, 5.41) is 9.17. The van der Waals surface area contributed by atoms with E-state index in [-0.39, 0.29) is 19.8 Å². The van der Waals surface area contributed by atoms with Gasteiger partial charge in [0.25, 0.3) is 5.91 Å². The Morgan fingerprint density at radius 3 is 2.11 bits per heavy atom. The van der Waals surface area contributed by atoms with E-state index in [0.29, 0.717) is 27.8 Å². The van der Waals surface area contributed by atoms with Gasteiger partial charge < -0.3 is 14.7 Å². The minimum atomic E-state index is -0.848. The predicted molar refractivity (Wildman–Crippen MR) is 184 cm³/mol. The molecule has 1 N–H and O–H groups in total. The largest absolute Gasteiger partial charge is 0.496 e. The van der Waals surface area contributed by atoms with Crippen LogP contribution >= 0.6 is 11.6 Å². The van der Waals surface area contributed by atoms with Gasteiger partial charge in [0.05, 0.1) is 24.2 Å². The molecule has 0 bridgehead atoms. The molecular weight excluding hydrogens is 570 g/mol. The Kier molecular flexibility index (Phi) is 11.9. The molecule has 1 heterocycles. The van der Waals surface area contributed by atoms with Crippen LogP contribution in [0.25, 0.3) is 27.8 Å². The van der Waals surface area contributed by atoms with Crippen molar-refractivity contribution in [1.29, 1.82) is 0 Å². The lowest BCUT2D eigenvalue weighted by atomic mass is 9.77. The third-order valence-electron chi connectivity index (χ3n) is 7.88. The predicted octanol–water partition coefficient (Wildman–Crippen LogP) is 9.92. The van der Waals surface area contributed by atoms with Crippen molar-refractivity contribution >= 4 is 34.7 Å². The summed E-state index contributed by atoms with van der Waals surface area (Å²) in [5.41, 5.74) is 8.87. The van der Waals surface area contributed by atoms with E-state index in [9.17, 15) is 9.59 Å². The molecule has 4 aromatic rings. The smallest absolute Gasteiger partial charge is 0.307 e. The summed E-state index contributed by atoms with van der Waals surface area (Å²) in [4.78, 5) is 24.2. The van der Waals surface area contributed by atoms with Crippen molar-refractivity contribution in [2.75, 3.05) is 19.1 Å². The molecule has 0 atom stereocenters. The summed E-state index contributed by atoms with van der Waals surface area (Å²) >= 11 is 6.59. The Morgan fingerprint density at radius 2 is 1.52 bits per heavy atom. The lowest BCUT2D eigenvalue weighted by Crippen LogP contribution is -2.19. The number of carboxylic acid groups (broad SMARTS) is 1. The first-order chi connectivity index (χ1) is 20.8. The number of rotatable bonds is 6. The highest BCUT2D eigenvalue weighted by Crippen LogP contribution is 2.43. The number of ether oxygens (including phenoxy) is 1. The number of carbonyl (C=O) groups is 2. The minimum absolute atomic E-state index is 0. The molecule has 1 aliphatic heterocycles. The maximum absolute atomic E-state index is 12.2. The third kappa shape index (κ3) is 7.23. The van der Waals surface area contributed by atoms with Gasteiger partial charge in [-0.3, -0.25) is 9.59 Å². The molecule has 5 nitrogen and oxygen atoms in total. The van der Waals surface area contributed by atoms with Crippen molar-refractivity contribution in [1.82, 2.24) is 0 Å². The van der Waals surface area contributed by atoms with Gasteiger partial charge in [-0.25, -0.2) is 0 Å². The van der Waals surface area contributed by atoms with E-state index < -0.39 is 5.97 Å². The molecule has 44 heavy (non-hydrogen) atoms. The number of nitrogens with zero attached hydrogens (tertiary/aromatic N) is 1. The lowest BCUT2D eigenvalue weighted by molar-refractivity contribution is -0.136. The van der Waals surface area contributed by atoms with Crippen molar-refractivity contribution < 1.29 is 19.4 Å². The summed E-state index contributed by atoms with van der Waals surface area (Å²) < 4.78 is 4.98. The number of benzene rings is 4. The Bertz CT molecular complexity index is 1620. The van der Waals surface area contributed by atoms with Gasteiger partial charge in [-0.1, -0.05) is 113 Å². The molecule has 0 aromatic heterocycles. The van der Waals surface area contributed by atoms with Crippen LogP contribution in [0.1, 0.15) is 63.1 Å². The van der Waals surface area contributed by atoms with Crippen LogP contribution in [-0.2, 0) is 16.0 Å². The van der Waals surface area contributed by atoms with E-state index >= 15 is 0 Å². The van der Waals surface area contributed by atoms with Gasteiger partial charge in [-0.05, 0) is 59.2 Å². The second kappa shape index (κ2) is 15.4. The Hall–Kier alpha value is -4.35. The maximum atomic E-state index is 12.2. The van der Waals surface area contributed by atoms with Crippen LogP contribution in [0.5, 0.6) is 5.75 Å². The van der Waals surface area contributed by atoms with Gasteiger partial charge in [-0.15, -0.1) is 0 Å². The number of halogens is 1. The lowest BCUT2D eigenvalue weighted by Gasteiger charge is -2.28. The zero-order valence-electron chi connectivity index (χ0n) is 25.2. The number of carbonyl (C=O) groups excluding carboxylic acids is 1. The topological polar surface area (TPSA) is 66.8 Å². The summed E-state index contributed by atoms with van der Waals surface area (Å²) in [7, 11) is 3.28. The minimum Gasteiger partial charge on any atom is -0.496 e. The van der Waals surface area contributed by atoms with E-state index in [4.69, 9.17) is 21.4 Å². The van der Waals surface area contributed by atoms with E-state index in [1.807, 2.05) is 32.0 Å². The van der Waals surface area contributed by atoms with Crippen LogP contribution in [0.4, 0.5) is 5.69 Å². The Morgan fingerprint density at radius 1 is 0.932 bits per heavy atom. The molecule has 4 aromatic carbocycles. The second-order valence-corrected chi connectivity index (χ2v) is 10.8. The van der Waals surface area contributed by atoms with Gasteiger partial charge in [0, 0.05) is 29.3 Å². The average molecular weight is 612 g/mol. The van der Waals surface area contributed by atoms with Crippen LogP contribution in [0.3, 0.4) is 0 Å². The molecule has 1 saturated carbocycles. The highest BCUT2D eigenvalue weighted by molar-refractivity contribution is 6.36. The molecule has 1 amide bonds. The molecule has 0 unspecified atom stereocenters. The number of likely N-dealkylation sites (N-methyl/N-ethyl adjacent to an activating group) is 1. The van der Waals surface area contributed by atoms with Gasteiger partial charge in [-0.2, -0.15) is 0 Å². The van der Waals surface area contributed by atoms with Crippen LogP contribution in [0.15, 0.2) is 91.5 Å². The Labute approximate surface area is 266 Å². The molecule has 0 radical (unpaired) electrons. The summed E-state index contributed by atoms with van der Waals surface area (Å²) in [6.45, 7) is 7.95. The SMILES string of the molecule is C.C=C1C(=O)N(C)c2cc(Cl)c(-c3ccc(-c4ccccc4C4CCC4)cc3)cc21.CC.COc1ccccc1CC(=O)O. The molecular formula is C38H42ClNO4. The zero-order chi connectivity index (χ0) is 31.1. The van der Waals surface area contributed by atoms with E-state index in [0.717, 1.165) is 22.4 Å². The molecule has 6 heteroatoms.